The van der Waals surface area contributed by atoms with Crippen molar-refractivity contribution in [2.75, 3.05) is 6.54 Å². The zero-order valence-electron chi connectivity index (χ0n) is 9.72. The molecule has 1 unspecified atom stereocenters. The molecule has 106 valence electrons. The van der Waals surface area contributed by atoms with Crippen LogP contribution in [0.25, 0.3) is 0 Å². The fourth-order valence-electron chi connectivity index (χ4n) is 1.15. The van der Waals surface area contributed by atoms with Gasteiger partial charge in [-0.15, -0.1) is 0 Å². The first kappa shape index (κ1) is 16.1. The average molecular weight is 361 g/mol. The van der Waals surface area contributed by atoms with Crippen molar-refractivity contribution in [3.63, 3.8) is 0 Å². The summed E-state index contributed by atoms with van der Waals surface area (Å²) in [5, 5.41) is 2.21. The SMILES string of the molecule is CC(Oc1ccc(Cl)cc1Br)C(=O)NCC(F)(F)F. The normalized spacial score (nSPS) is 12.9. The summed E-state index contributed by atoms with van der Waals surface area (Å²) in [6, 6.07) is 4.61. The molecule has 1 aromatic rings. The second-order valence-electron chi connectivity index (χ2n) is 3.67. The first-order chi connectivity index (χ1) is 8.69. The van der Waals surface area contributed by atoms with Gasteiger partial charge in [0.05, 0.1) is 4.47 Å². The Bertz CT molecular complexity index is 468. The van der Waals surface area contributed by atoms with Gasteiger partial charge in [0.2, 0.25) is 0 Å². The van der Waals surface area contributed by atoms with Crippen LogP contribution in [0.4, 0.5) is 13.2 Å². The maximum Gasteiger partial charge on any atom is 0.405 e. The van der Waals surface area contributed by atoms with E-state index in [1.807, 2.05) is 0 Å². The molecule has 0 saturated carbocycles. The summed E-state index contributed by atoms with van der Waals surface area (Å²) in [5.74, 6) is -0.529. The zero-order chi connectivity index (χ0) is 14.6. The van der Waals surface area contributed by atoms with E-state index in [0.29, 0.717) is 15.2 Å². The van der Waals surface area contributed by atoms with Gasteiger partial charge in [0.15, 0.2) is 6.10 Å². The van der Waals surface area contributed by atoms with Crippen molar-refractivity contribution in [1.29, 1.82) is 0 Å². The van der Waals surface area contributed by atoms with E-state index in [0.717, 1.165) is 0 Å². The van der Waals surface area contributed by atoms with E-state index in [1.165, 1.54) is 13.0 Å². The van der Waals surface area contributed by atoms with Crippen LogP contribution >= 0.6 is 27.5 Å². The van der Waals surface area contributed by atoms with E-state index in [-0.39, 0.29) is 0 Å². The van der Waals surface area contributed by atoms with E-state index >= 15 is 0 Å². The minimum atomic E-state index is -4.45. The Morgan fingerprint density at radius 3 is 2.68 bits per heavy atom. The zero-order valence-corrected chi connectivity index (χ0v) is 12.1. The van der Waals surface area contributed by atoms with E-state index in [1.54, 1.807) is 17.4 Å². The van der Waals surface area contributed by atoms with Gasteiger partial charge in [0.1, 0.15) is 12.3 Å². The van der Waals surface area contributed by atoms with Crippen molar-refractivity contribution in [2.45, 2.75) is 19.2 Å². The average Bonchev–Trinajstić information content (AvgIpc) is 2.28. The summed E-state index contributed by atoms with van der Waals surface area (Å²) in [5.41, 5.74) is 0. The molecule has 1 amide bonds. The Kier molecular flexibility index (Phi) is 5.49. The number of rotatable bonds is 4. The van der Waals surface area contributed by atoms with Crippen molar-refractivity contribution < 1.29 is 22.7 Å². The van der Waals surface area contributed by atoms with Crippen LogP contribution in [0, 0.1) is 0 Å². The van der Waals surface area contributed by atoms with Crippen molar-refractivity contribution in [3.05, 3.63) is 27.7 Å². The number of hydrogen-bond donors (Lipinski definition) is 1. The van der Waals surface area contributed by atoms with Crippen LogP contribution in [0.5, 0.6) is 5.75 Å². The van der Waals surface area contributed by atoms with Crippen molar-refractivity contribution in [3.8, 4) is 5.75 Å². The largest absolute Gasteiger partial charge is 0.480 e. The molecular formula is C11H10BrClF3NO2. The predicted octanol–water partition coefficient (Wildman–Crippen LogP) is 3.55. The molecule has 0 radical (unpaired) electrons. The summed E-state index contributed by atoms with van der Waals surface area (Å²) < 4.78 is 41.6. The number of ether oxygens (including phenoxy) is 1. The molecule has 0 fully saturated rings. The Balaban J connectivity index is 2.59. The number of hydrogen-bond acceptors (Lipinski definition) is 2. The van der Waals surface area contributed by atoms with E-state index in [9.17, 15) is 18.0 Å². The molecule has 0 spiro atoms. The monoisotopic (exact) mass is 359 g/mol. The highest BCUT2D eigenvalue weighted by atomic mass is 79.9. The fourth-order valence-corrected chi connectivity index (χ4v) is 1.92. The highest BCUT2D eigenvalue weighted by molar-refractivity contribution is 9.10. The molecule has 1 N–H and O–H groups in total. The first-order valence-electron chi connectivity index (χ1n) is 5.15. The van der Waals surface area contributed by atoms with E-state index in [2.05, 4.69) is 15.9 Å². The summed E-state index contributed by atoms with van der Waals surface area (Å²) >= 11 is 8.90. The Hall–Kier alpha value is -0.950. The maximum atomic E-state index is 11.9. The van der Waals surface area contributed by atoms with Crippen LogP contribution in [0.3, 0.4) is 0 Å². The quantitative estimate of drug-likeness (QED) is 0.892. The molecule has 1 aromatic carbocycles. The summed E-state index contributed by atoms with van der Waals surface area (Å²) in [7, 11) is 0. The van der Waals surface area contributed by atoms with Crippen LogP contribution in [-0.4, -0.2) is 24.7 Å². The van der Waals surface area contributed by atoms with Crippen molar-refractivity contribution >= 4 is 33.4 Å². The van der Waals surface area contributed by atoms with E-state index < -0.39 is 24.7 Å². The molecule has 0 aliphatic heterocycles. The summed E-state index contributed by atoms with van der Waals surface area (Å²) in [4.78, 5) is 11.4. The number of benzene rings is 1. The van der Waals surface area contributed by atoms with Crippen LogP contribution in [-0.2, 0) is 4.79 Å². The van der Waals surface area contributed by atoms with Gasteiger partial charge >= 0.3 is 6.18 Å². The molecule has 0 saturated heterocycles. The van der Waals surface area contributed by atoms with Gasteiger partial charge in [0, 0.05) is 5.02 Å². The Morgan fingerprint density at radius 1 is 1.53 bits per heavy atom. The first-order valence-corrected chi connectivity index (χ1v) is 6.32. The van der Waals surface area contributed by atoms with Gasteiger partial charge in [-0.2, -0.15) is 13.2 Å². The predicted molar refractivity (Wildman–Crippen MR) is 68.3 cm³/mol. The molecule has 0 aromatic heterocycles. The second kappa shape index (κ2) is 6.47. The topological polar surface area (TPSA) is 38.3 Å². The summed E-state index contributed by atoms with van der Waals surface area (Å²) in [6.07, 6.45) is -5.50. The molecule has 3 nitrogen and oxygen atoms in total. The molecule has 0 aliphatic rings. The van der Waals surface area contributed by atoms with E-state index in [4.69, 9.17) is 16.3 Å². The number of amides is 1. The maximum absolute atomic E-state index is 11.9. The number of nitrogens with one attached hydrogen (secondary N) is 1. The highest BCUT2D eigenvalue weighted by Crippen LogP contribution is 2.28. The van der Waals surface area contributed by atoms with Gasteiger partial charge in [0.25, 0.3) is 5.91 Å². The van der Waals surface area contributed by atoms with Gasteiger partial charge in [-0.25, -0.2) is 0 Å². The molecular weight excluding hydrogens is 350 g/mol. The highest BCUT2D eigenvalue weighted by Gasteiger charge is 2.29. The minimum absolute atomic E-state index is 0.319. The molecule has 8 heteroatoms. The van der Waals surface area contributed by atoms with Gasteiger partial charge in [-0.05, 0) is 41.1 Å². The molecule has 0 bridgehead atoms. The lowest BCUT2D eigenvalue weighted by atomic mass is 10.3. The number of alkyl halides is 3. The van der Waals surface area contributed by atoms with Crippen molar-refractivity contribution in [1.82, 2.24) is 5.32 Å². The third kappa shape index (κ3) is 5.69. The lowest BCUT2D eigenvalue weighted by molar-refractivity contribution is -0.142. The lowest BCUT2D eigenvalue weighted by Gasteiger charge is -2.16. The van der Waals surface area contributed by atoms with Gasteiger partial charge in [-0.1, -0.05) is 11.6 Å². The van der Waals surface area contributed by atoms with Crippen molar-refractivity contribution in [2.24, 2.45) is 0 Å². The third-order valence-electron chi connectivity index (χ3n) is 2.03. The molecule has 1 rings (SSSR count). The van der Waals surface area contributed by atoms with Gasteiger partial charge < -0.3 is 10.1 Å². The van der Waals surface area contributed by atoms with Crippen LogP contribution in [0.15, 0.2) is 22.7 Å². The second-order valence-corrected chi connectivity index (χ2v) is 4.96. The Labute approximate surface area is 121 Å². The smallest absolute Gasteiger partial charge is 0.405 e. The molecule has 19 heavy (non-hydrogen) atoms. The van der Waals surface area contributed by atoms with Crippen LogP contribution < -0.4 is 10.1 Å². The fraction of sp³-hybridized carbons (Fsp3) is 0.364. The third-order valence-corrected chi connectivity index (χ3v) is 2.88. The Morgan fingerprint density at radius 2 is 2.16 bits per heavy atom. The summed E-state index contributed by atoms with van der Waals surface area (Å²) in [6.45, 7) is -0.0337. The van der Waals surface area contributed by atoms with Crippen LogP contribution in [0.1, 0.15) is 6.92 Å². The molecule has 0 heterocycles. The number of carbonyl (C=O) groups is 1. The standard InChI is InChI=1S/C11H10BrClF3NO2/c1-6(10(18)17-5-11(14,15)16)19-9-3-2-7(13)4-8(9)12/h2-4,6H,5H2,1H3,(H,17,18). The lowest BCUT2D eigenvalue weighted by Crippen LogP contribution is -2.41. The number of carbonyl (C=O) groups excluding carboxylic acids is 1. The number of halogens is 5. The molecule has 0 aliphatic carbocycles. The van der Waals surface area contributed by atoms with Crippen LogP contribution in [0.2, 0.25) is 5.02 Å². The molecule has 1 atom stereocenters. The van der Waals surface area contributed by atoms with Gasteiger partial charge in [-0.3, -0.25) is 4.79 Å². The minimum Gasteiger partial charge on any atom is -0.480 e.